The number of nitrogens with one attached hydrogen (secondary N) is 1. The molecule has 24 heavy (non-hydrogen) atoms. The summed E-state index contributed by atoms with van der Waals surface area (Å²) >= 11 is 0. The summed E-state index contributed by atoms with van der Waals surface area (Å²) in [5, 5.41) is 2.76. The van der Waals surface area contributed by atoms with Crippen molar-refractivity contribution < 1.29 is 22.3 Å². The van der Waals surface area contributed by atoms with Crippen molar-refractivity contribution in [3.05, 3.63) is 24.0 Å². The molecule has 1 aromatic carbocycles. The fraction of sp³-hybridized carbons (Fsp3) is 0.533. The third-order valence-corrected chi connectivity index (χ3v) is 5.72. The van der Waals surface area contributed by atoms with E-state index in [4.69, 9.17) is 4.74 Å². The molecule has 1 aliphatic rings. The molecule has 1 aliphatic heterocycles. The molecule has 0 bridgehead atoms. The lowest BCUT2D eigenvalue weighted by Crippen LogP contribution is -2.53. The number of ether oxygens (including phenoxy) is 1. The van der Waals surface area contributed by atoms with Crippen molar-refractivity contribution in [2.75, 3.05) is 39.8 Å². The molecule has 1 N–H and O–H groups in total. The quantitative estimate of drug-likeness (QED) is 0.858. The molecular weight excluding hydrogens is 337 g/mol. The molecule has 0 unspecified atom stereocenters. The topological polar surface area (TPSA) is 79.0 Å². The van der Waals surface area contributed by atoms with Crippen molar-refractivity contribution in [2.24, 2.45) is 0 Å². The molecule has 0 aromatic heterocycles. The zero-order chi connectivity index (χ0) is 17.7. The van der Waals surface area contributed by atoms with E-state index >= 15 is 0 Å². The highest BCUT2D eigenvalue weighted by Gasteiger charge is 2.32. The van der Waals surface area contributed by atoms with E-state index in [0.29, 0.717) is 6.54 Å². The first kappa shape index (κ1) is 18.5. The number of halogens is 1. The van der Waals surface area contributed by atoms with Gasteiger partial charge in [0.1, 0.15) is 16.5 Å². The Kier molecular flexibility index (Phi) is 6.00. The van der Waals surface area contributed by atoms with Crippen molar-refractivity contribution in [3.63, 3.8) is 0 Å². The number of amides is 2. The van der Waals surface area contributed by atoms with Gasteiger partial charge in [-0.2, -0.15) is 4.31 Å². The van der Waals surface area contributed by atoms with Crippen LogP contribution in [0.2, 0.25) is 0 Å². The number of nitrogens with zero attached hydrogens (tertiary/aromatic N) is 2. The SMILES string of the molecule is CCCNC(=O)N1CCN(S(=O)(=O)c2cc(F)ccc2OC)CC1. The number of hydrogen-bond acceptors (Lipinski definition) is 4. The molecule has 0 radical (unpaired) electrons. The van der Waals surface area contributed by atoms with Crippen LogP contribution in [0.25, 0.3) is 0 Å². The third-order valence-electron chi connectivity index (χ3n) is 3.80. The first-order valence-electron chi connectivity index (χ1n) is 7.76. The van der Waals surface area contributed by atoms with Crippen molar-refractivity contribution in [2.45, 2.75) is 18.2 Å². The third kappa shape index (κ3) is 3.96. The molecule has 7 nitrogen and oxygen atoms in total. The van der Waals surface area contributed by atoms with E-state index in [1.807, 2.05) is 6.92 Å². The van der Waals surface area contributed by atoms with Gasteiger partial charge in [-0.05, 0) is 24.6 Å². The average molecular weight is 359 g/mol. The number of urea groups is 1. The molecule has 9 heteroatoms. The summed E-state index contributed by atoms with van der Waals surface area (Å²) in [7, 11) is -2.55. The minimum atomic E-state index is -3.88. The lowest BCUT2D eigenvalue weighted by Gasteiger charge is -2.34. The van der Waals surface area contributed by atoms with Gasteiger partial charge in [0.25, 0.3) is 0 Å². The largest absolute Gasteiger partial charge is 0.495 e. The number of benzene rings is 1. The van der Waals surface area contributed by atoms with E-state index in [2.05, 4.69) is 5.32 Å². The highest BCUT2D eigenvalue weighted by molar-refractivity contribution is 7.89. The molecule has 0 spiro atoms. The number of piperazine rings is 1. The normalized spacial score (nSPS) is 16.0. The molecule has 1 saturated heterocycles. The zero-order valence-electron chi connectivity index (χ0n) is 13.8. The number of hydrogen-bond donors (Lipinski definition) is 1. The van der Waals surface area contributed by atoms with Gasteiger partial charge in [-0.1, -0.05) is 6.92 Å². The molecule has 0 saturated carbocycles. The van der Waals surface area contributed by atoms with Gasteiger partial charge in [-0.15, -0.1) is 0 Å². The molecular formula is C15H22FN3O4S. The Morgan fingerprint density at radius 2 is 1.96 bits per heavy atom. The molecule has 1 fully saturated rings. The second-order valence-electron chi connectivity index (χ2n) is 5.42. The van der Waals surface area contributed by atoms with Crippen molar-refractivity contribution in [1.82, 2.24) is 14.5 Å². The highest BCUT2D eigenvalue weighted by atomic mass is 32.2. The maximum absolute atomic E-state index is 13.5. The van der Waals surface area contributed by atoms with Crippen molar-refractivity contribution in [3.8, 4) is 5.75 Å². The molecule has 2 amide bonds. The Balaban J connectivity index is 2.10. The van der Waals surface area contributed by atoms with Crippen LogP contribution in [0, 0.1) is 5.82 Å². The highest BCUT2D eigenvalue weighted by Crippen LogP contribution is 2.28. The van der Waals surface area contributed by atoms with Crippen molar-refractivity contribution in [1.29, 1.82) is 0 Å². The molecule has 0 aliphatic carbocycles. The van der Waals surface area contributed by atoms with E-state index in [9.17, 15) is 17.6 Å². The lowest BCUT2D eigenvalue weighted by atomic mass is 10.3. The van der Waals surface area contributed by atoms with Gasteiger partial charge in [-0.3, -0.25) is 0 Å². The standard InChI is InChI=1S/C15H22FN3O4S/c1-3-6-17-15(20)18-7-9-19(10-8-18)24(21,22)14-11-12(16)4-5-13(14)23-2/h4-5,11H,3,6-10H2,1-2H3,(H,17,20). The van der Waals surface area contributed by atoms with Gasteiger partial charge in [0.2, 0.25) is 10.0 Å². The van der Waals surface area contributed by atoms with E-state index < -0.39 is 15.8 Å². The van der Waals surface area contributed by atoms with Gasteiger partial charge in [0.05, 0.1) is 7.11 Å². The van der Waals surface area contributed by atoms with E-state index in [0.717, 1.165) is 18.6 Å². The summed E-state index contributed by atoms with van der Waals surface area (Å²) in [6.07, 6.45) is 0.833. The Bertz CT molecular complexity index is 688. The van der Waals surface area contributed by atoms with Crippen LogP contribution in [0.4, 0.5) is 9.18 Å². The molecule has 134 valence electrons. The fourth-order valence-electron chi connectivity index (χ4n) is 2.47. The number of methoxy groups -OCH3 is 1. The van der Waals surface area contributed by atoms with Crippen LogP contribution in [-0.2, 0) is 10.0 Å². The number of carbonyl (C=O) groups is 1. The molecule has 0 atom stereocenters. The Hall–Kier alpha value is -1.87. The maximum Gasteiger partial charge on any atom is 0.317 e. The smallest absolute Gasteiger partial charge is 0.317 e. The van der Waals surface area contributed by atoms with E-state index in [1.165, 1.54) is 17.5 Å². The molecule has 1 heterocycles. The van der Waals surface area contributed by atoms with Gasteiger partial charge < -0.3 is 15.0 Å². The number of rotatable bonds is 5. The molecule has 2 rings (SSSR count). The van der Waals surface area contributed by atoms with Crippen LogP contribution < -0.4 is 10.1 Å². The number of sulfonamides is 1. The minimum Gasteiger partial charge on any atom is -0.495 e. The van der Waals surface area contributed by atoms with Crippen LogP contribution in [0.15, 0.2) is 23.1 Å². The Morgan fingerprint density at radius 1 is 1.29 bits per heavy atom. The minimum absolute atomic E-state index is 0.0968. The fourth-order valence-corrected chi connectivity index (χ4v) is 4.06. The predicted molar refractivity (Wildman–Crippen MR) is 87.0 cm³/mol. The summed E-state index contributed by atoms with van der Waals surface area (Å²) in [6.45, 7) is 3.41. The molecule has 1 aromatic rings. The van der Waals surface area contributed by atoms with Gasteiger partial charge in [-0.25, -0.2) is 17.6 Å². The van der Waals surface area contributed by atoms with Crippen LogP contribution >= 0.6 is 0 Å². The average Bonchev–Trinajstić information content (AvgIpc) is 2.59. The van der Waals surface area contributed by atoms with E-state index in [-0.39, 0.29) is 42.9 Å². The van der Waals surface area contributed by atoms with Crippen LogP contribution in [0.5, 0.6) is 5.75 Å². The first-order chi connectivity index (χ1) is 11.4. The summed E-state index contributed by atoms with van der Waals surface area (Å²) in [5.74, 6) is -0.550. The summed E-state index contributed by atoms with van der Waals surface area (Å²) in [5.41, 5.74) is 0. The predicted octanol–water partition coefficient (Wildman–Crippen LogP) is 1.26. The summed E-state index contributed by atoms with van der Waals surface area (Å²) in [6, 6.07) is 3.19. The van der Waals surface area contributed by atoms with Gasteiger partial charge in [0.15, 0.2) is 0 Å². The summed E-state index contributed by atoms with van der Waals surface area (Å²) in [4.78, 5) is 13.3. The zero-order valence-corrected chi connectivity index (χ0v) is 14.6. The van der Waals surface area contributed by atoms with Crippen LogP contribution in [0.1, 0.15) is 13.3 Å². The number of carbonyl (C=O) groups excluding carboxylic acids is 1. The first-order valence-corrected chi connectivity index (χ1v) is 9.20. The summed E-state index contributed by atoms with van der Waals surface area (Å²) < 4.78 is 45.2. The van der Waals surface area contributed by atoms with Crippen LogP contribution in [-0.4, -0.2) is 63.5 Å². The van der Waals surface area contributed by atoms with Gasteiger partial charge >= 0.3 is 6.03 Å². The van der Waals surface area contributed by atoms with Gasteiger partial charge in [0, 0.05) is 32.7 Å². The van der Waals surface area contributed by atoms with E-state index in [1.54, 1.807) is 4.90 Å². The monoisotopic (exact) mass is 359 g/mol. The van der Waals surface area contributed by atoms with Crippen LogP contribution in [0.3, 0.4) is 0 Å². The second-order valence-corrected chi connectivity index (χ2v) is 7.32. The van der Waals surface area contributed by atoms with Crippen molar-refractivity contribution >= 4 is 16.1 Å². The Morgan fingerprint density at radius 3 is 2.54 bits per heavy atom. The maximum atomic E-state index is 13.5. The second kappa shape index (κ2) is 7.80. The lowest BCUT2D eigenvalue weighted by molar-refractivity contribution is 0.172. The Labute approximate surface area is 141 Å².